The van der Waals surface area contributed by atoms with Crippen molar-refractivity contribution in [1.29, 1.82) is 0 Å². The summed E-state index contributed by atoms with van der Waals surface area (Å²) in [5.74, 6) is 0. The highest BCUT2D eigenvalue weighted by Crippen LogP contribution is 2.83. The van der Waals surface area contributed by atoms with Crippen LogP contribution in [0.25, 0.3) is 0 Å². The van der Waals surface area contributed by atoms with E-state index in [9.17, 15) is 0 Å². The molecule has 0 amide bonds. The lowest BCUT2D eigenvalue weighted by atomic mass is 9.99. The predicted molar refractivity (Wildman–Crippen MR) is 96.0 cm³/mol. The van der Waals surface area contributed by atoms with Gasteiger partial charge in [0.25, 0.3) is 0 Å². The molecule has 0 N–H and O–H groups in total. The molecule has 2 atom stereocenters. The van der Waals surface area contributed by atoms with E-state index >= 15 is 0 Å². The van der Waals surface area contributed by atoms with E-state index < -0.39 is 0 Å². The molecule has 2 aliphatic heterocycles. The van der Waals surface area contributed by atoms with Gasteiger partial charge in [-0.05, 0) is 61.2 Å². The minimum atomic E-state index is 0.269. The second kappa shape index (κ2) is 5.49. The minimum absolute atomic E-state index is 0.269. The van der Waals surface area contributed by atoms with Crippen molar-refractivity contribution in [2.45, 2.75) is 101 Å². The van der Waals surface area contributed by atoms with Crippen molar-refractivity contribution < 1.29 is 0 Å². The molecule has 1 saturated carbocycles. The molecule has 2 unspecified atom stereocenters. The smallest absolute Gasteiger partial charge is 0.0116 e. The van der Waals surface area contributed by atoms with Gasteiger partial charge in [0.05, 0.1) is 0 Å². The Morgan fingerprint density at radius 3 is 1.35 bits per heavy atom. The van der Waals surface area contributed by atoms with Crippen LogP contribution in [0.1, 0.15) is 85.5 Å². The van der Waals surface area contributed by atoms with Crippen molar-refractivity contribution in [3.05, 3.63) is 0 Å². The summed E-state index contributed by atoms with van der Waals surface area (Å²) in [4.78, 5) is 0.836. The summed E-state index contributed by atoms with van der Waals surface area (Å²) in [7, 11) is 0.537. The topological polar surface area (TPSA) is 0 Å². The van der Waals surface area contributed by atoms with Gasteiger partial charge in [-0.1, -0.05) is 62.8 Å². The molecule has 0 spiro atoms. The van der Waals surface area contributed by atoms with Crippen LogP contribution in [0.15, 0.2) is 0 Å². The Balaban J connectivity index is 1.96. The Hall–Kier alpha value is 0.860. The molecule has 3 rings (SSSR count). The van der Waals surface area contributed by atoms with E-state index in [2.05, 4.69) is 27.7 Å². The summed E-state index contributed by atoms with van der Waals surface area (Å²) in [5, 5.41) is 1.38. The average Bonchev–Trinajstić information content (AvgIpc) is 2.92. The Bertz CT molecular complexity index is 324. The standard InChI is InChI=1S/C18H34P2/c1-16(2)10-8-14-19(16)18(12-6-5-7-13-18)20-15-9-11-17(20,3)4/h5-15H2,1-4H3. The van der Waals surface area contributed by atoms with E-state index in [1.807, 2.05) is 0 Å². The van der Waals surface area contributed by atoms with Crippen LogP contribution in [-0.4, -0.2) is 27.5 Å². The maximum Gasteiger partial charge on any atom is 0.0116 e. The van der Waals surface area contributed by atoms with Gasteiger partial charge in [0.1, 0.15) is 0 Å². The van der Waals surface area contributed by atoms with Crippen LogP contribution in [0, 0.1) is 0 Å². The number of hydrogen-bond acceptors (Lipinski definition) is 0. The SMILES string of the molecule is CC1(C)CCCP1C1(P2CCCC2(C)C)CCCCC1. The van der Waals surface area contributed by atoms with E-state index in [0.717, 1.165) is 4.90 Å². The predicted octanol–water partition coefficient (Wildman–Crippen LogP) is 6.76. The first kappa shape index (κ1) is 15.7. The molecule has 0 radical (unpaired) electrons. The lowest BCUT2D eigenvalue weighted by Crippen LogP contribution is -2.37. The molecule has 0 aromatic heterocycles. The zero-order valence-corrected chi connectivity index (χ0v) is 16.0. The van der Waals surface area contributed by atoms with Crippen LogP contribution < -0.4 is 0 Å². The van der Waals surface area contributed by atoms with E-state index in [1.54, 1.807) is 38.0 Å². The molecule has 0 bridgehead atoms. The first-order valence-corrected chi connectivity index (χ1v) is 12.0. The molecule has 1 aliphatic carbocycles. The summed E-state index contributed by atoms with van der Waals surface area (Å²) in [6, 6.07) is 0. The average molecular weight is 312 g/mol. The monoisotopic (exact) mass is 312 g/mol. The fourth-order valence-electron chi connectivity index (χ4n) is 5.56. The van der Waals surface area contributed by atoms with Gasteiger partial charge in [0.2, 0.25) is 0 Å². The zero-order valence-electron chi connectivity index (χ0n) is 14.2. The molecule has 20 heavy (non-hydrogen) atoms. The molecule has 2 heterocycles. The Morgan fingerprint density at radius 1 is 0.550 bits per heavy atom. The van der Waals surface area contributed by atoms with Crippen LogP contribution in [0.4, 0.5) is 0 Å². The molecule has 0 nitrogen and oxygen atoms in total. The Morgan fingerprint density at radius 2 is 1.00 bits per heavy atom. The highest BCUT2D eigenvalue weighted by atomic mass is 31.2. The normalized spacial score (nSPS) is 39.0. The van der Waals surface area contributed by atoms with Gasteiger partial charge in [-0.3, -0.25) is 0 Å². The maximum absolute atomic E-state index is 2.63. The Kier molecular flexibility index (Phi) is 4.32. The van der Waals surface area contributed by atoms with Crippen molar-refractivity contribution in [3.8, 4) is 0 Å². The molecule has 3 fully saturated rings. The van der Waals surface area contributed by atoms with Crippen molar-refractivity contribution in [2.24, 2.45) is 0 Å². The van der Waals surface area contributed by atoms with Gasteiger partial charge < -0.3 is 0 Å². The van der Waals surface area contributed by atoms with Crippen molar-refractivity contribution in [3.63, 3.8) is 0 Å². The fraction of sp³-hybridized carbons (Fsp3) is 1.00. The third-order valence-corrected chi connectivity index (χ3v) is 15.7. The first-order valence-electron chi connectivity index (χ1n) is 8.94. The van der Waals surface area contributed by atoms with Gasteiger partial charge in [0.15, 0.2) is 0 Å². The summed E-state index contributed by atoms with van der Waals surface area (Å²) in [6.07, 6.45) is 17.1. The highest BCUT2D eigenvalue weighted by Gasteiger charge is 2.56. The lowest BCUT2D eigenvalue weighted by molar-refractivity contribution is 0.468. The second-order valence-electron chi connectivity index (χ2n) is 8.68. The van der Waals surface area contributed by atoms with Gasteiger partial charge in [-0.25, -0.2) is 0 Å². The molecule has 2 saturated heterocycles. The number of rotatable bonds is 2. The van der Waals surface area contributed by atoms with Gasteiger partial charge in [-0.2, -0.15) is 0 Å². The lowest BCUT2D eigenvalue weighted by Gasteiger charge is -2.55. The summed E-state index contributed by atoms with van der Waals surface area (Å²) in [5.41, 5.74) is 0. The molecule has 116 valence electrons. The molecule has 0 aromatic carbocycles. The van der Waals surface area contributed by atoms with Gasteiger partial charge in [-0.15, -0.1) is 0 Å². The van der Waals surface area contributed by atoms with Crippen LogP contribution in [0.3, 0.4) is 0 Å². The minimum Gasteiger partial charge on any atom is -0.0900 e. The van der Waals surface area contributed by atoms with Crippen LogP contribution in [0.2, 0.25) is 0 Å². The van der Waals surface area contributed by atoms with Crippen molar-refractivity contribution in [1.82, 2.24) is 0 Å². The molecular formula is C18H34P2. The van der Waals surface area contributed by atoms with Crippen LogP contribution in [-0.2, 0) is 0 Å². The third-order valence-electron chi connectivity index (χ3n) is 6.46. The largest absolute Gasteiger partial charge is 0.0900 e. The molecule has 2 heteroatoms. The van der Waals surface area contributed by atoms with Gasteiger partial charge >= 0.3 is 0 Å². The summed E-state index contributed by atoms with van der Waals surface area (Å²) < 4.78 is 0. The molecule has 0 aromatic rings. The van der Waals surface area contributed by atoms with Gasteiger partial charge in [0, 0.05) is 4.90 Å². The van der Waals surface area contributed by atoms with E-state index in [-0.39, 0.29) is 15.8 Å². The fourth-order valence-corrected chi connectivity index (χ4v) is 16.8. The summed E-state index contributed by atoms with van der Waals surface area (Å²) in [6.45, 7) is 10.5. The van der Waals surface area contributed by atoms with E-state index in [1.165, 1.54) is 32.1 Å². The Labute approximate surface area is 129 Å². The maximum atomic E-state index is 2.63. The van der Waals surface area contributed by atoms with Crippen LogP contribution in [0.5, 0.6) is 0 Å². The highest BCUT2D eigenvalue weighted by molar-refractivity contribution is 7.79. The third kappa shape index (κ3) is 2.52. The number of hydrogen-bond donors (Lipinski definition) is 0. The molecule has 3 aliphatic rings. The summed E-state index contributed by atoms with van der Waals surface area (Å²) >= 11 is 0. The van der Waals surface area contributed by atoms with E-state index in [4.69, 9.17) is 0 Å². The zero-order chi connectivity index (χ0) is 14.4. The quantitative estimate of drug-likeness (QED) is 0.494. The molecular weight excluding hydrogens is 278 g/mol. The second-order valence-corrected chi connectivity index (χ2v) is 15.8. The van der Waals surface area contributed by atoms with Crippen LogP contribution >= 0.6 is 15.8 Å². The van der Waals surface area contributed by atoms with E-state index in [0.29, 0.717) is 10.3 Å². The van der Waals surface area contributed by atoms with Crippen molar-refractivity contribution in [2.75, 3.05) is 12.3 Å². The van der Waals surface area contributed by atoms with Crippen molar-refractivity contribution >= 4 is 15.8 Å². The first-order chi connectivity index (χ1) is 9.39.